The van der Waals surface area contributed by atoms with Crippen LogP contribution in [0, 0.1) is 0 Å². The molecule has 0 aliphatic carbocycles. The van der Waals surface area contributed by atoms with Crippen molar-refractivity contribution in [3.8, 4) is 0 Å². The van der Waals surface area contributed by atoms with E-state index >= 15 is 0 Å². The minimum Gasteiger partial charge on any atom is -0.285 e. The highest BCUT2D eigenvalue weighted by molar-refractivity contribution is 7.13. The molecule has 0 aromatic heterocycles. The molecule has 1 unspecified atom stereocenters. The summed E-state index contributed by atoms with van der Waals surface area (Å²) in [5.74, 6) is 1.33. The van der Waals surface area contributed by atoms with Crippen molar-refractivity contribution in [2.75, 3.05) is 24.8 Å². The van der Waals surface area contributed by atoms with Crippen molar-refractivity contribution in [2.45, 2.75) is 0 Å². The van der Waals surface area contributed by atoms with Gasteiger partial charge in [0.2, 0.25) is 0 Å². The molecule has 0 fully saturated rings. The largest absolute Gasteiger partial charge is 0.285 e. The van der Waals surface area contributed by atoms with E-state index in [2.05, 4.69) is 9.39 Å². The molecule has 4 heteroatoms. The summed E-state index contributed by atoms with van der Waals surface area (Å²) >= 11 is 10.9. The second-order valence-electron chi connectivity index (χ2n) is 1.41. The molecule has 0 saturated carbocycles. The summed E-state index contributed by atoms with van der Waals surface area (Å²) in [5, 5.41) is 0. The highest BCUT2D eigenvalue weighted by Gasteiger charge is 1.92. The number of alkyl halides is 2. The average Bonchev–Trinajstić information content (AvgIpc) is 1.68. The van der Waals surface area contributed by atoms with Crippen molar-refractivity contribution >= 4 is 32.6 Å². The maximum Gasteiger partial charge on any atom is 0.0354 e. The van der Waals surface area contributed by atoms with Gasteiger partial charge in [0.15, 0.2) is 0 Å². The second-order valence-corrected chi connectivity index (χ2v) is 2.90. The Morgan fingerprint density at radius 2 is 1.50 bits per heavy atom. The van der Waals surface area contributed by atoms with Gasteiger partial charge in [0.05, 0.1) is 0 Å². The molecular weight excluding hydrogens is 164 g/mol. The molecule has 0 aromatic rings. The smallest absolute Gasteiger partial charge is 0.0354 e. The van der Waals surface area contributed by atoms with Crippen LogP contribution >= 0.6 is 32.6 Å². The van der Waals surface area contributed by atoms with Crippen LogP contribution in [-0.4, -0.2) is 29.5 Å². The molecular formula is C4H10Cl2NP. The van der Waals surface area contributed by atoms with Gasteiger partial charge < -0.3 is 0 Å². The molecule has 0 spiro atoms. The van der Waals surface area contributed by atoms with E-state index in [0.29, 0.717) is 11.8 Å². The summed E-state index contributed by atoms with van der Waals surface area (Å²) in [5.41, 5.74) is 0. The second kappa shape index (κ2) is 6.10. The van der Waals surface area contributed by atoms with Gasteiger partial charge in [0, 0.05) is 24.8 Å². The van der Waals surface area contributed by atoms with Gasteiger partial charge in [0.1, 0.15) is 0 Å². The predicted octanol–water partition coefficient (Wildman–Crippen LogP) is 1.56. The van der Waals surface area contributed by atoms with Gasteiger partial charge in [-0.2, -0.15) is 0 Å². The molecule has 1 atom stereocenters. The van der Waals surface area contributed by atoms with Crippen LogP contribution in [0.15, 0.2) is 0 Å². The lowest BCUT2D eigenvalue weighted by Gasteiger charge is -2.10. The van der Waals surface area contributed by atoms with Gasteiger partial charge in [-0.25, -0.2) is 0 Å². The van der Waals surface area contributed by atoms with Crippen molar-refractivity contribution < 1.29 is 0 Å². The van der Waals surface area contributed by atoms with Crippen LogP contribution in [-0.2, 0) is 0 Å². The minimum atomic E-state index is 0.667. The highest BCUT2D eigenvalue weighted by atomic mass is 35.5. The molecule has 0 amide bonds. The van der Waals surface area contributed by atoms with E-state index in [4.69, 9.17) is 23.2 Å². The van der Waals surface area contributed by atoms with Crippen molar-refractivity contribution in [3.63, 3.8) is 0 Å². The van der Waals surface area contributed by atoms with Crippen LogP contribution in [0.1, 0.15) is 0 Å². The Morgan fingerprint density at radius 3 is 1.75 bits per heavy atom. The standard InChI is InChI=1S/C4H10Cl2NP/c5-1-3-7(8)4-2-6/h1-4,8H2. The lowest BCUT2D eigenvalue weighted by Crippen LogP contribution is -2.16. The highest BCUT2D eigenvalue weighted by Crippen LogP contribution is 1.97. The van der Waals surface area contributed by atoms with E-state index in [1.165, 1.54) is 0 Å². The Morgan fingerprint density at radius 1 is 1.12 bits per heavy atom. The zero-order chi connectivity index (χ0) is 6.41. The molecule has 0 aliphatic heterocycles. The maximum atomic E-state index is 5.43. The molecule has 0 N–H and O–H groups in total. The first kappa shape index (κ1) is 8.97. The fourth-order valence-electron chi connectivity index (χ4n) is 0.329. The number of rotatable bonds is 4. The lowest BCUT2D eigenvalue weighted by atomic mass is 10.7. The molecule has 8 heavy (non-hydrogen) atoms. The first-order valence-corrected chi connectivity index (χ1v) is 4.01. The number of halogens is 2. The summed E-state index contributed by atoms with van der Waals surface area (Å²) < 4.78 is 2.01. The zero-order valence-electron chi connectivity index (χ0n) is 4.61. The van der Waals surface area contributed by atoms with Gasteiger partial charge >= 0.3 is 0 Å². The third-order valence-corrected chi connectivity index (χ3v) is 1.60. The van der Waals surface area contributed by atoms with E-state index in [1.54, 1.807) is 0 Å². The Kier molecular flexibility index (Phi) is 6.83. The number of nitrogens with zero attached hydrogens (tertiary/aromatic N) is 1. The van der Waals surface area contributed by atoms with Gasteiger partial charge in [-0.15, -0.1) is 23.2 Å². The summed E-state index contributed by atoms with van der Waals surface area (Å²) in [7, 11) is 2.56. The Bertz CT molecular complexity index is 47.3. The minimum absolute atomic E-state index is 0.667. The Labute approximate surface area is 62.6 Å². The lowest BCUT2D eigenvalue weighted by molar-refractivity contribution is 0.529. The van der Waals surface area contributed by atoms with E-state index in [1.807, 2.05) is 4.67 Å². The molecule has 0 radical (unpaired) electrons. The fourth-order valence-corrected chi connectivity index (χ4v) is 1.35. The summed E-state index contributed by atoms with van der Waals surface area (Å²) in [6.07, 6.45) is 0. The van der Waals surface area contributed by atoms with E-state index in [0.717, 1.165) is 13.1 Å². The average molecular weight is 174 g/mol. The first-order valence-electron chi connectivity index (χ1n) is 2.43. The van der Waals surface area contributed by atoms with E-state index in [9.17, 15) is 0 Å². The number of hydrogen-bond acceptors (Lipinski definition) is 1. The topological polar surface area (TPSA) is 3.24 Å². The van der Waals surface area contributed by atoms with Crippen LogP contribution in [0.2, 0.25) is 0 Å². The third-order valence-electron chi connectivity index (χ3n) is 0.743. The number of hydrogen-bond donors (Lipinski definition) is 0. The fraction of sp³-hybridized carbons (Fsp3) is 1.00. The third kappa shape index (κ3) is 5.11. The van der Waals surface area contributed by atoms with Crippen LogP contribution in [0.3, 0.4) is 0 Å². The molecule has 1 nitrogen and oxygen atoms in total. The van der Waals surface area contributed by atoms with Crippen molar-refractivity contribution in [3.05, 3.63) is 0 Å². The molecule has 0 bridgehead atoms. The van der Waals surface area contributed by atoms with E-state index in [-0.39, 0.29) is 0 Å². The van der Waals surface area contributed by atoms with Crippen molar-refractivity contribution in [1.82, 2.24) is 4.67 Å². The molecule has 0 aliphatic rings. The van der Waals surface area contributed by atoms with Gasteiger partial charge in [0.25, 0.3) is 0 Å². The predicted molar refractivity (Wildman–Crippen MR) is 42.7 cm³/mol. The monoisotopic (exact) mass is 173 g/mol. The molecule has 50 valence electrons. The van der Waals surface area contributed by atoms with Gasteiger partial charge in [-0.05, 0) is 0 Å². The van der Waals surface area contributed by atoms with Crippen LogP contribution in [0.5, 0.6) is 0 Å². The molecule has 0 aromatic carbocycles. The zero-order valence-corrected chi connectivity index (χ0v) is 7.28. The van der Waals surface area contributed by atoms with E-state index < -0.39 is 0 Å². The summed E-state index contributed by atoms with van der Waals surface area (Å²) in [4.78, 5) is 0. The van der Waals surface area contributed by atoms with Crippen molar-refractivity contribution in [2.24, 2.45) is 0 Å². The van der Waals surface area contributed by atoms with Gasteiger partial charge in [-0.1, -0.05) is 9.39 Å². The Hall–Kier alpha value is 0.970. The maximum absolute atomic E-state index is 5.43. The van der Waals surface area contributed by atoms with Gasteiger partial charge in [-0.3, -0.25) is 4.67 Å². The molecule has 0 rings (SSSR count). The quantitative estimate of drug-likeness (QED) is 0.461. The SMILES string of the molecule is PN(CCCl)CCCl. The Balaban J connectivity index is 2.92. The van der Waals surface area contributed by atoms with Crippen molar-refractivity contribution in [1.29, 1.82) is 0 Å². The summed E-state index contributed by atoms with van der Waals surface area (Å²) in [6.45, 7) is 1.78. The first-order chi connectivity index (χ1) is 3.81. The summed E-state index contributed by atoms with van der Waals surface area (Å²) in [6, 6.07) is 0. The van der Waals surface area contributed by atoms with Crippen LogP contribution in [0.25, 0.3) is 0 Å². The molecule has 0 heterocycles. The normalized spacial score (nSPS) is 10.5. The van der Waals surface area contributed by atoms with Crippen LogP contribution < -0.4 is 0 Å². The van der Waals surface area contributed by atoms with Crippen LogP contribution in [0.4, 0.5) is 0 Å². The molecule has 0 saturated heterocycles.